The molecule has 0 radical (unpaired) electrons. The highest BCUT2D eigenvalue weighted by molar-refractivity contribution is 9.10. The minimum absolute atomic E-state index is 0.412. The molecule has 2 aromatic heterocycles. The topological polar surface area (TPSA) is 62.1 Å². The Kier molecular flexibility index (Phi) is 2.95. The van der Waals surface area contributed by atoms with Crippen molar-refractivity contribution in [1.82, 2.24) is 9.97 Å². The Morgan fingerprint density at radius 2 is 2.33 bits per heavy atom. The fourth-order valence-electron chi connectivity index (χ4n) is 1.91. The van der Waals surface area contributed by atoms with E-state index in [1.807, 2.05) is 18.3 Å². The van der Waals surface area contributed by atoms with E-state index >= 15 is 0 Å². The number of rotatable bonds is 4. The Morgan fingerprint density at radius 3 is 2.89 bits per heavy atom. The lowest BCUT2D eigenvalue weighted by atomic mass is 10.2. The van der Waals surface area contributed by atoms with Gasteiger partial charge in [0.15, 0.2) is 0 Å². The molecule has 1 aliphatic rings. The molecule has 1 fully saturated rings. The minimum atomic E-state index is -0.412. The van der Waals surface area contributed by atoms with Crippen molar-refractivity contribution >= 4 is 21.7 Å². The summed E-state index contributed by atoms with van der Waals surface area (Å²) in [5.74, 6) is 0.329. The maximum atomic E-state index is 11.1. The smallest absolute Gasteiger partial charge is 0.414 e. The fourth-order valence-corrected chi connectivity index (χ4v) is 2.14. The summed E-state index contributed by atoms with van der Waals surface area (Å²) in [5, 5.41) is 0. The number of anilines is 1. The van der Waals surface area contributed by atoms with Gasteiger partial charge in [0.2, 0.25) is 0 Å². The van der Waals surface area contributed by atoms with Crippen LogP contribution < -0.4 is 10.7 Å². The second-order valence-corrected chi connectivity index (χ2v) is 5.19. The van der Waals surface area contributed by atoms with Gasteiger partial charge in [-0.1, -0.05) is 6.07 Å². The third-order valence-electron chi connectivity index (χ3n) is 2.95. The van der Waals surface area contributed by atoms with Gasteiger partial charge < -0.3 is 9.32 Å². The van der Waals surface area contributed by atoms with Gasteiger partial charge in [-0.3, -0.25) is 4.98 Å². The summed E-state index contributed by atoms with van der Waals surface area (Å²) in [4.78, 5) is 20.1. The van der Waals surface area contributed by atoms with E-state index in [-0.39, 0.29) is 0 Å². The summed E-state index contributed by atoms with van der Waals surface area (Å²) >= 11 is 3.31. The van der Waals surface area contributed by atoms with Gasteiger partial charge >= 0.3 is 5.76 Å². The Labute approximate surface area is 112 Å². The number of pyridine rings is 1. The lowest BCUT2D eigenvalue weighted by molar-refractivity contribution is 0.515. The van der Waals surface area contributed by atoms with Gasteiger partial charge in [0.1, 0.15) is 16.7 Å². The molecule has 0 spiro atoms. The van der Waals surface area contributed by atoms with E-state index in [2.05, 4.69) is 30.8 Å². The van der Waals surface area contributed by atoms with Crippen LogP contribution in [0.25, 0.3) is 0 Å². The number of halogens is 1. The van der Waals surface area contributed by atoms with Crippen molar-refractivity contribution in [2.75, 3.05) is 4.90 Å². The third-order valence-corrected chi connectivity index (χ3v) is 3.42. The molecule has 94 valence electrons. The highest BCUT2D eigenvalue weighted by Crippen LogP contribution is 2.31. The number of H-pyrrole nitrogens is 1. The largest absolute Gasteiger partial charge is 0.417 e. The van der Waals surface area contributed by atoms with E-state index in [4.69, 9.17) is 4.42 Å². The molecule has 0 amide bonds. The number of aromatic nitrogens is 2. The maximum Gasteiger partial charge on any atom is 0.417 e. The van der Waals surface area contributed by atoms with Crippen LogP contribution in [-0.2, 0) is 6.54 Å². The van der Waals surface area contributed by atoms with Crippen LogP contribution in [0, 0.1) is 0 Å². The van der Waals surface area contributed by atoms with Crippen LogP contribution in [0.1, 0.15) is 18.4 Å². The number of nitrogens with one attached hydrogen (secondary N) is 1. The van der Waals surface area contributed by atoms with Crippen LogP contribution in [-0.4, -0.2) is 16.0 Å². The van der Waals surface area contributed by atoms with Gasteiger partial charge in [0.05, 0.1) is 0 Å². The molecule has 6 heteroatoms. The summed E-state index contributed by atoms with van der Waals surface area (Å²) in [6.45, 7) is 0.723. The molecule has 1 saturated carbocycles. The van der Waals surface area contributed by atoms with Gasteiger partial charge in [0, 0.05) is 18.8 Å². The Hall–Kier alpha value is -1.56. The average molecular weight is 310 g/mol. The molecule has 0 aliphatic heterocycles. The molecule has 0 aromatic carbocycles. The SMILES string of the molecule is O=c1[nH]c(N(Cc2ccc(Br)nc2)C2CC2)co1. The van der Waals surface area contributed by atoms with E-state index < -0.39 is 5.76 Å². The minimum Gasteiger partial charge on any atom is -0.414 e. The average Bonchev–Trinajstić information content (AvgIpc) is 3.11. The molecule has 5 nitrogen and oxygen atoms in total. The van der Waals surface area contributed by atoms with Gasteiger partial charge in [-0.05, 0) is 40.4 Å². The second-order valence-electron chi connectivity index (χ2n) is 4.38. The second kappa shape index (κ2) is 4.61. The monoisotopic (exact) mass is 309 g/mol. The van der Waals surface area contributed by atoms with E-state index in [1.54, 1.807) is 0 Å². The van der Waals surface area contributed by atoms with Crippen LogP contribution in [0.3, 0.4) is 0 Å². The van der Waals surface area contributed by atoms with Gasteiger partial charge in [-0.15, -0.1) is 0 Å². The third kappa shape index (κ3) is 2.48. The van der Waals surface area contributed by atoms with E-state index in [9.17, 15) is 4.79 Å². The van der Waals surface area contributed by atoms with Crippen LogP contribution in [0.5, 0.6) is 0 Å². The van der Waals surface area contributed by atoms with Gasteiger partial charge in [0.25, 0.3) is 0 Å². The van der Waals surface area contributed by atoms with Crippen LogP contribution in [0.15, 0.2) is 38.4 Å². The zero-order valence-electron chi connectivity index (χ0n) is 9.60. The molecule has 1 aliphatic carbocycles. The van der Waals surface area contributed by atoms with Crippen molar-refractivity contribution in [1.29, 1.82) is 0 Å². The normalized spacial score (nSPS) is 14.7. The molecule has 3 rings (SSSR count). The standard InChI is InChI=1S/C12H12BrN3O2/c13-10-4-1-8(5-14-10)6-16(9-2-3-9)11-7-18-12(17)15-11/h1,4-5,7,9H,2-3,6H2,(H,15,17). The van der Waals surface area contributed by atoms with Crippen molar-refractivity contribution in [2.45, 2.75) is 25.4 Å². The first-order valence-corrected chi connectivity index (χ1v) is 6.56. The molecule has 2 aromatic rings. The Balaban J connectivity index is 1.82. The Bertz CT molecular complexity index is 586. The summed E-state index contributed by atoms with van der Waals surface area (Å²) in [5.41, 5.74) is 1.10. The van der Waals surface area contributed by atoms with Crippen LogP contribution in [0.2, 0.25) is 0 Å². The van der Waals surface area contributed by atoms with Crippen molar-refractivity contribution in [3.63, 3.8) is 0 Å². The zero-order valence-corrected chi connectivity index (χ0v) is 11.2. The molecule has 1 N–H and O–H groups in total. The first-order valence-electron chi connectivity index (χ1n) is 5.77. The molecule has 0 atom stereocenters. The summed E-state index contributed by atoms with van der Waals surface area (Å²) < 4.78 is 5.62. The maximum absolute atomic E-state index is 11.1. The predicted molar refractivity (Wildman–Crippen MR) is 70.5 cm³/mol. The summed E-state index contributed by atoms with van der Waals surface area (Å²) in [6, 6.07) is 4.42. The first-order chi connectivity index (χ1) is 8.72. The van der Waals surface area contributed by atoms with E-state index in [0.29, 0.717) is 6.04 Å². The fraction of sp³-hybridized carbons (Fsp3) is 0.333. The summed E-state index contributed by atoms with van der Waals surface area (Å²) in [7, 11) is 0. The highest BCUT2D eigenvalue weighted by atomic mass is 79.9. The van der Waals surface area contributed by atoms with Gasteiger partial charge in [-0.25, -0.2) is 9.78 Å². The number of oxazole rings is 1. The number of hydrogen-bond donors (Lipinski definition) is 1. The summed E-state index contributed by atoms with van der Waals surface area (Å²) in [6.07, 6.45) is 5.61. The van der Waals surface area contributed by atoms with Crippen LogP contribution in [0.4, 0.5) is 5.82 Å². The molecule has 0 unspecified atom stereocenters. The van der Waals surface area contributed by atoms with E-state index in [0.717, 1.165) is 35.4 Å². The highest BCUT2D eigenvalue weighted by Gasteiger charge is 2.30. The molecular weight excluding hydrogens is 298 g/mol. The van der Waals surface area contributed by atoms with Crippen molar-refractivity contribution in [3.05, 3.63) is 45.3 Å². The Morgan fingerprint density at radius 1 is 1.50 bits per heavy atom. The first kappa shape index (κ1) is 11.5. The lowest BCUT2D eigenvalue weighted by Crippen LogP contribution is -2.25. The predicted octanol–water partition coefficient (Wildman–Crippen LogP) is 2.29. The van der Waals surface area contributed by atoms with Crippen molar-refractivity contribution in [3.8, 4) is 0 Å². The van der Waals surface area contributed by atoms with Crippen molar-refractivity contribution in [2.24, 2.45) is 0 Å². The number of aromatic amines is 1. The molecule has 18 heavy (non-hydrogen) atoms. The van der Waals surface area contributed by atoms with Crippen molar-refractivity contribution < 1.29 is 4.42 Å². The van der Waals surface area contributed by atoms with E-state index in [1.165, 1.54) is 6.26 Å². The zero-order chi connectivity index (χ0) is 12.5. The molecule has 0 bridgehead atoms. The molecule has 0 saturated heterocycles. The van der Waals surface area contributed by atoms with Crippen LogP contribution >= 0.6 is 15.9 Å². The molecular formula is C12H12BrN3O2. The van der Waals surface area contributed by atoms with Gasteiger partial charge in [-0.2, -0.15) is 0 Å². The lowest BCUT2D eigenvalue weighted by Gasteiger charge is -2.21. The quantitative estimate of drug-likeness (QED) is 0.880. The molecule has 2 heterocycles. The number of nitrogens with zero attached hydrogens (tertiary/aromatic N) is 2. The number of hydrogen-bond acceptors (Lipinski definition) is 4.